The van der Waals surface area contributed by atoms with Gasteiger partial charge in [0.25, 0.3) is 0 Å². The Morgan fingerprint density at radius 3 is 1.95 bits per heavy atom. The van der Waals surface area contributed by atoms with E-state index in [0.29, 0.717) is 26.2 Å². The Morgan fingerprint density at radius 1 is 0.909 bits per heavy atom. The summed E-state index contributed by atoms with van der Waals surface area (Å²) >= 11 is 0. The molecule has 22 heavy (non-hydrogen) atoms. The number of allylic oxidation sites excluding steroid dienone is 1. The monoisotopic (exact) mass is 328 g/mol. The van der Waals surface area contributed by atoms with E-state index in [-0.39, 0.29) is 6.61 Å². The van der Waals surface area contributed by atoms with E-state index in [0.717, 1.165) is 37.3 Å². The van der Waals surface area contributed by atoms with Crippen molar-refractivity contribution in [3.05, 3.63) is 11.8 Å². The molecule has 0 aromatic heterocycles. The first-order valence-electron chi connectivity index (χ1n) is 8.33. The summed E-state index contributed by atoms with van der Waals surface area (Å²) in [5, 5.41) is 9.61. The van der Waals surface area contributed by atoms with Gasteiger partial charge in [0.05, 0.1) is 6.61 Å². The van der Waals surface area contributed by atoms with Gasteiger partial charge in [-0.25, -0.2) is 0 Å². The van der Waals surface area contributed by atoms with Gasteiger partial charge in [-0.05, 0) is 45.2 Å². The molecular weight excluding hydrogens is 296 g/mol. The normalized spacial score (nSPS) is 11.1. The summed E-state index contributed by atoms with van der Waals surface area (Å²) in [6.45, 7) is 11.9. The van der Waals surface area contributed by atoms with Crippen molar-refractivity contribution in [2.45, 2.75) is 59.3 Å². The Bertz CT molecular complexity index is 329. The third kappa shape index (κ3) is 8.72. The van der Waals surface area contributed by atoms with Crippen LogP contribution in [0.15, 0.2) is 11.8 Å². The molecule has 4 nitrogen and oxygen atoms in total. The molecule has 0 radical (unpaired) electrons. The van der Waals surface area contributed by atoms with Crippen LogP contribution in [0.1, 0.15) is 59.3 Å². The Hall–Kier alpha value is -0.643. The molecule has 1 N–H and O–H groups in total. The molecule has 0 atom stereocenters. The molecule has 0 heterocycles. The highest BCUT2D eigenvalue weighted by Gasteiger charge is 2.43. The van der Waals surface area contributed by atoms with E-state index >= 15 is 0 Å². The molecule has 0 aliphatic carbocycles. The van der Waals surface area contributed by atoms with Crippen molar-refractivity contribution in [1.29, 1.82) is 0 Å². The molecule has 0 bridgehead atoms. The fraction of sp³-hybridized carbons (Fsp3) is 0.765. The third-order valence-corrected chi connectivity index (χ3v) is 6.20. The fourth-order valence-electron chi connectivity index (χ4n) is 2.12. The Morgan fingerprint density at radius 2 is 1.45 bits per heavy atom. The van der Waals surface area contributed by atoms with Gasteiger partial charge in [0.1, 0.15) is 0 Å². The molecule has 0 aliphatic heterocycles. The third-order valence-electron chi connectivity index (χ3n) is 3.08. The van der Waals surface area contributed by atoms with Crippen LogP contribution in [0.5, 0.6) is 0 Å². The van der Waals surface area contributed by atoms with E-state index in [9.17, 15) is 0 Å². The van der Waals surface area contributed by atoms with Crippen LogP contribution in [0.4, 0.5) is 0 Å². The summed E-state index contributed by atoms with van der Waals surface area (Å²) in [6.07, 6.45) is 5.54. The van der Waals surface area contributed by atoms with Crippen LogP contribution >= 0.6 is 0 Å². The summed E-state index contributed by atoms with van der Waals surface area (Å²) < 4.78 is 17.5. The predicted molar refractivity (Wildman–Crippen MR) is 92.3 cm³/mol. The zero-order chi connectivity index (χ0) is 16.7. The molecule has 0 spiro atoms. The standard InChI is InChI=1S/C17H32O4Si/c1-5-19-22(20-6-2,21-7-3)17(4)15-13-11-9-8-10-12-14-16-18/h18H,4-9,11,13-16H2,1-3H3. The number of unbranched alkanes of at least 4 members (excludes halogenated alkanes) is 3. The molecule has 5 heteroatoms. The summed E-state index contributed by atoms with van der Waals surface area (Å²) in [6, 6.07) is 0. The zero-order valence-corrected chi connectivity index (χ0v) is 15.5. The molecule has 0 amide bonds. The van der Waals surface area contributed by atoms with Gasteiger partial charge in [-0.15, -0.1) is 11.8 Å². The minimum Gasteiger partial charge on any atom is -0.395 e. The van der Waals surface area contributed by atoms with Crippen LogP contribution in [0.3, 0.4) is 0 Å². The topological polar surface area (TPSA) is 47.9 Å². The van der Waals surface area contributed by atoms with Crippen molar-refractivity contribution in [3.63, 3.8) is 0 Å². The van der Waals surface area contributed by atoms with Crippen molar-refractivity contribution >= 4 is 8.80 Å². The minimum atomic E-state index is -2.74. The maximum Gasteiger partial charge on any atom is 0.532 e. The van der Waals surface area contributed by atoms with Gasteiger partial charge in [0.15, 0.2) is 0 Å². The molecule has 0 aromatic carbocycles. The summed E-state index contributed by atoms with van der Waals surface area (Å²) in [5.74, 6) is 6.01. The smallest absolute Gasteiger partial charge is 0.395 e. The van der Waals surface area contributed by atoms with Crippen molar-refractivity contribution in [2.75, 3.05) is 26.4 Å². The van der Waals surface area contributed by atoms with Gasteiger partial charge >= 0.3 is 8.80 Å². The Labute approximate surface area is 137 Å². The second-order valence-electron chi connectivity index (χ2n) is 4.85. The van der Waals surface area contributed by atoms with Crippen LogP contribution in [0, 0.1) is 11.8 Å². The van der Waals surface area contributed by atoms with Gasteiger partial charge in [0.2, 0.25) is 0 Å². The van der Waals surface area contributed by atoms with Crippen molar-refractivity contribution in [2.24, 2.45) is 0 Å². The van der Waals surface area contributed by atoms with Gasteiger partial charge in [-0.3, -0.25) is 0 Å². The fourth-order valence-corrected chi connectivity index (χ4v) is 4.60. The molecule has 0 aliphatic rings. The lowest BCUT2D eigenvalue weighted by Gasteiger charge is -2.30. The highest BCUT2D eigenvalue weighted by molar-refractivity contribution is 6.68. The van der Waals surface area contributed by atoms with E-state index in [1.165, 1.54) is 0 Å². The lowest BCUT2D eigenvalue weighted by Crippen LogP contribution is -2.48. The molecule has 0 saturated carbocycles. The molecule has 0 aromatic rings. The predicted octanol–water partition coefficient (Wildman–Crippen LogP) is 3.47. The average molecular weight is 329 g/mol. The highest BCUT2D eigenvalue weighted by atomic mass is 28.4. The number of rotatable bonds is 13. The number of aliphatic hydroxyl groups is 1. The highest BCUT2D eigenvalue weighted by Crippen LogP contribution is 2.23. The summed E-state index contributed by atoms with van der Waals surface area (Å²) in [7, 11) is -2.74. The maximum absolute atomic E-state index is 8.63. The second kappa shape index (κ2) is 14.0. The second-order valence-corrected chi connectivity index (χ2v) is 7.53. The first kappa shape index (κ1) is 21.4. The Kier molecular flexibility index (Phi) is 13.6. The quantitative estimate of drug-likeness (QED) is 0.319. The van der Waals surface area contributed by atoms with Crippen molar-refractivity contribution in [1.82, 2.24) is 0 Å². The molecule has 0 unspecified atom stereocenters. The van der Waals surface area contributed by atoms with Gasteiger partial charge < -0.3 is 18.4 Å². The molecule has 0 saturated heterocycles. The summed E-state index contributed by atoms with van der Waals surface area (Å²) in [4.78, 5) is 0. The first-order chi connectivity index (χ1) is 10.7. The molecule has 0 rings (SSSR count). The largest absolute Gasteiger partial charge is 0.532 e. The van der Waals surface area contributed by atoms with Crippen LogP contribution in [-0.2, 0) is 13.3 Å². The van der Waals surface area contributed by atoms with E-state index in [2.05, 4.69) is 18.4 Å². The van der Waals surface area contributed by atoms with Gasteiger partial charge in [-0.1, -0.05) is 13.0 Å². The van der Waals surface area contributed by atoms with Crippen LogP contribution < -0.4 is 0 Å². The SMILES string of the molecule is C=C(CCCCCC#CCCO)[Si](OCC)(OCC)OCC. The minimum absolute atomic E-state index is 0.145. The van der Waals surface area contributed by atoms with Crippen LogP contribution in [0.25, 0.3) is 0 Å². The number of hydrogen-bond acceptors (Lipinski definition) is 4. The van der Waals surface area contributed by atoms with Crippen LogP contribution in [-0.4, -0.2) is 40.3 Å². The van der Waals surface area contributed by atoms with E-state index < -0.39 is 8.80 Å². The maximum atomic E-state index is 8.63. The van der Waals surface area contributed by atoms with E-state index in [4.69, 9.17) is 18.4 Å². The van der Waals surface area contributed by atoms with Crippen LogP contribution in [0.2, 0.25) is 0 Å². The van der Waals surface area contributed by atoms with Gasteiger partial charge in [0, 0.05) is 32.7 Å². The van der Waals surface area contributed by atoms with Crippen molar-refractivity contribution in [3.8, 4) is 11.8 Å². The lowest BCUT2D eigenvalue weighted by atomic mass is 10.1. The average Bonchev–Trinajstić information content (AvgIpc) is 2.50. The van der Waals surface area contributed by atoms with E-state index in [1.54, 1.807) is 0 Å². The number of hydrogen-bond donors (Lipinski definition) is 1. The molecule has 0 fully saturated rings. The molecule has 128 valence electrons. The lowest BCUT2D eigenvalue weighted by molar-refractivity contribution is 0.0798. The van der Waals surface area contributed by atoms with E-state index in [1.807, 2.05) is 20.8 Å². The molecular formula is C17H32O4Si. The first-order valence-corrected chi connectivity index (χ1v) is 10.1. The zero-order valence-electron chi connectivity index (χ0n) is 14.5. The van der Waals surface area contributed by atoms with Gasteiger partial charge in [-0.2, -0.15) is 0 Å². The number of aliphatic hydroxyl groups excluding tert-OH is 1. The van der Waals surface area contributed by atoms with Crippen molar-refractivity contribution < 1.29 is 18.4 Å². The Balaban J connectivity index is 4.20. The summed E-state index contributed by atoms with van der Waals surface area (Å²) in [5.41, 5.74) is 0.